The molecule has 0 unspecified atom stereocenters. The molecule has 0 fully saturated rings. The van der Waals surface area contributed by atoms with Crippen LogP contribution in [0.2, 0.25) is 0 Å². The summed E-state index contributed by atoms with van der Waals surface area (Å²) >= 11 is 0. The minimum atomic E-state index is -0.982. The van der Waals surface area contributed by atoms with E-state index < -0.39 is 11.8 Å². The Labute approximate surface area is 143 Å². The van der Waals surface area contributed by atoms with Gasteiger partial charge in [-0.2, -0.15) is 5.10 Å². The van der Waals surface area contributed by atoms with Crippen LogP contribution < -0.4 is 25.5 Å². The molecule has 25 heavy (non-hydrogen) atoms. The van der Waals surface area contributed by atoms with Crippen LogP contribution in [-0.2, 0) is 14.4 Å². The van der Waals surface area contributed by atoms with Gasteiger partial charge in [-0.1, -0.05) is 0 Å². The molecule has 1 aromatic rings. The van der Waals surface area contributed by atoms with Gasteiger partial charge in [-0.05, 0) is 19.1 Å². The number of ether oxygens (including phenoxy) is 2. The van der Waals surface area contributed by atoms with Crippen molar-refractivity contribution in [3.05, 3.63) is 18.2 Å². The lowest BCUT2D eigenvalue weighted by Gasteiger charge is -2.06. The van der Waals surface area contributed by atoms with Crippen molar-refractivity contribution < 1.29 is 29.0 Å². The monoisotopic (exact) mass is 350 g/mol. The summed E-state index contributed by atoms with van der Waals surface area (Å²) in [7, 11) is 0. The number of aliphatic hydroxyl groups excluding tert-OH is 1. The molecule has 0 radical (unpaired) electrons. The van der Waals surface area contributed by atoms with E-state index in [9.17, 15) is 14.4 Å². The molecule has 1 aromatic carbocycles. The fourth-order valence-electron chi connectivity index (χ4n) is 1.90. The highest BCUT2D eigenvalue weighted by molar-refractivity contribution is 6.35. The minimum absolute atomic E-state index is 0.0348. The highest BCUT2D eigenvalue weighted by Crippen LogP contribution is 2.34. The molecule has 10 heteroatoms. The number of anilines is 1. The van der Waals surface area contributed by atoms with E-state index in [2.05, 4.69) is 15.7 Å². The Kier molecular flexibility index (Phi) is 6.29. The summed E-state index contributed by atoms with van der Waals surface area (Å²) in [6.07, 6.45) is -0.0764. The Hall–Kier alpha value is -3.14. The van der Waals surface area contributed by atoms with E-state index in [4.69, 9.17) is 14.6 Å². The number of nitrogens with one attached hydrogen (secondary N) is 3. The first-order valence-electron chi connectivity index (χ1n) is 7.41. The fourth-order valence-corrected chi connectivity index (χ4v) is 1.90. The molecule has 134 valence electrons. The molecular weight excluding hydrogens is 332 g/mol. The number of carbonyl (C=O) groups is 3. The summed E-state index contributed by atoms with van der Waals surface area (Å²) in [6, 6.07) is 5.00. The Morgan fingerprint density at radius 1 is 1.20 bits per heavy atom. The number of nitrogens with zero attached hydrogens (tertiary/aromatic N) is 1. The normalized spacial score (nSPS) is 12.5. The number of rotatable bonds is 6. The molecule has 2 rings (SSSR count). The van der Waals surface area contributed by atoms with Crippen LogP contribution in [0, 0.1) is 0 Å². The molecular formula is C15H18N4O6. The second-order valence-electron chi connectivity index (χ2n) is 5.06. The van der Waals surface area contributed by atoms with Gasteiger partial charge < -0.3 is 25.2 Å². The maximum Gasteiger partial charge on any atom is 0.329 e. The zero-order chi connectivity index (χ0) is 18.2. The first kappa shape index (κ1) is 18.2. The molecule has 0 atom stereocenters. The fraction of sp³-hybridized carbons (Fsp3) is 0.333. The van der Waals surface area contributed by atoms with Gasteiger partial charge in [0.15, 0.2) is 11.5 Å². The van der Waals surface area contributed by atoms with Crippen LogP contribution in [0.25, 0.3) is 0 Å². The van der Waals surface area contributed by atoms with Crippen molar-refractivity contribution in [2.24, 2.45) is 5.10 Å². The minimum Gasteiger partial charge on any atom is -0.454 e. The summed E-state index contributed by atoms with van der Waals surface area (Å²) in [6.45, 7) is 1.36. The molecule has 0 bridgehead atoms. The van der Waals surface area contributed by atoms with E-state index in [-0.39, 0.29) is 32.3 Å². The summed E-state index contributed by atoms with van der Waals surface area (Å²) in [5.41, 5.74) is 2.88. The van der Waals surface area contributed by atoms with Gasteiger partial charge in [0.25, 0.3) is 0 Å². The van der Waals surface area contributed by atoms with Crippen molar-refractivity contribution in [2.45, 2.75) is 13.3 Å². The summed E-state index contributed by atoms with van der Waals surface area (Å²) in [5, 5.41) is 17.1. The van der Waals surface area contributed by atoms with Crippen LogP contribution in [0.15, 0.2) is 23.3 Å². The van der Waals surface area contributed by atoms with Crippen molar-refractivity contribution in [3.8, 4) is 11.5 Å². The molecule has 1 heterocycles. The van der Waals surface area contributed by atoms with Gasteiger partial charge in [-0.3, -0.25) is 14.4 Å². The number of fused-ring (bicyclic) bond motifs is 1. The van der Waals surface area contributed by atoms with Crippen LogP contribution >= 0.6 is 0 Å². The van der Waals surface area contributed by atoms with Crippen LogP contribution in [-0.4, -0.2) is 48.5 Å². The standard InChI is InChI=1S/C15H18N4O6/c1-9(18-19-15(23)14(22)16-4-5-20)6-13(21)17-10-2-3-11-12(7-10)25-8-24-11/h2-3,7,20H,4-6,8H2,1H3,(H,16,22)(H,17,21)(H,19,23)/b18-9+. The molecule has 0 aliphatic carbocycles. The van der Waals surface area contributed by atoms with Crippen LogP contribution in [0.1, 0.15) is 13.3 Å². The van der Waals surface area contributed by atoms with Crippen LogP contribution in [0.5, 0.6) is 11.5 Å². The average Bonchev–Trinajstić information content (AvgIpc) is 3.05. The first-order chi connectivity index (χ1) is 12.0. The van der Waals surface area contributed by atoms with Gasteiger partial charge >= 0.3 is 11.8 Å². The third-order valence-electron chi connectivity index (χ3n) is 3.02. The lowest BCUT2D eigenvalue weighted by atomic mass is 10.2. The smallest absolute Gasteiger partial charge is 0.329 e. The molecule has 1 aliphatic heterocycles. The van der Waals surface area contributed by atoms with Crippen molar-refractivity contribution in [3.63, 3.8) is 0 Å². The van der Waals surface area contributed by atoms with Crippen LogP contribution in [0.3, 0.4) is 0 Å². The zero-order valence-corrected chi connectivity index (χ0v) is 13.5. The average molecular weight is 350 g/mol. The Bertz CT molecular complexity index is 703. The highest BCUT2D eigenvalue weighted by atomic mass is 16.7. The molecule has 1 aliphatic rings. The van der Waals surface area contributed by atoms with Gasteiger partial charge in [0.2, 0.25) is 12.7 Å². The SMILES string of the molecule is C/C(CC(=O)Nc1ccc2c(c1)OCO2)=N\NC(=O)C(=O)NCCO. The van der Waals surface area contributed by atoms with Crippen molar-refractivity contribution >= 4 is 29.1 Å². The van der Waals surface area contributed by atoms with E-state index >= 15 is 0 Å². The first-order valence-corrected chi connectivity index (χ1v) is 7.41. The molecule has 0 aromatic heterocycles. The number of amides is 3. The second-order valence-corrected chi connectivity index (χ2v) is 5.06. The molecule has 10 nitrogen and oxygen atoms in total. The number of hydrogen-bond acceptors (Lipinski definition) is 7. The summed E-state index contributed by atoms with van der Waals surface area (Å²) < 4.78 is 10.4. The molecule has 0 saturated heterocycles. The predicted octanol–water partition coefficient (Wildman–Crippen LogP) is -0.655. The van der Waals surface area contributed by atoms with E-state index in [1.54, 1.807) is 18.2 Å². The largest absolute Gasteiger partial charge is 0.454 e. The topological polar surface area (TPSA) is 138 Å². The van der Waals surface area contributed by atoms with Gasteiger partial charge in [-0.15, -0.1) is 0 Å². The predicted molar refractivity (Wildman–Crippen MR) is 87.2 cm³/mol. The number of hydrazone groups is 1. The Morgan fingerprint density at radius 3 is 2.72 bits per heavy atom. The van der Waals surface area contributed by atoms with Gasteiger partial charge in [-0.25, -0.2) is 5.43 Å². The maximum absolute atomic E-state index is 12.0. The van der Waals surface area contributed by atoms with Crippen molar-refractivity contribution in [1.29, 1.82) is 0 Å². The second kappa shape index (κ2) is 8.64. The van der Waals surface area contributed by atoms with E-state index in [0.717, 1.165) is 0 Å². The van der Waals surface area contributed by atoms with Crippen LogP contribution in [0.4, 0.5) is 5.69 Å². The van der Waals surface area contributed by atoms with Crippen molar-refractivity contribution in [2.75, 3.05) is 25.3 Å². The van der Waals surface area contributed by atoms with Crippen molar-refractivity contribution in [1.82, 2.24) is 10.7 Å². The Morgan fingerprint density at radius 2 is 1.96 bits per heavy atom. The molecule has 0 spiro atoms. The summed E-state index contributed by atoms with van der Waals surface area (Å²) in [5.74, 6) is -1.10. The third-order valence-corrected chi connectivity index (χ3v) is 3.02. The third kappa shape index (κ3) is 5.46. The Balaban J connectivity index is 1.81. The van der Waals surface area contributed by atoms with Gasteiger partial charge in [0.1, 0.15) is 0 Å². The molecule has 4 N–H and O–H groups in total. The van der Waals surface area contributed by atoms with E-state index in [1.807, 2.05) is 5.43 Å². The van der Waals surface area contributed by atoms with Gasteiger partial charge in [0.05, 0.1) is 13.0 Å². The number of hydrogen-bond donors (Lipinski definition) is 4. The summed E-state index contributed by atoms with van der Waals surface area (Å²) in [4.78, 5) is 34.6. The number of benzene rings is 1. The maximum atomic E-state index is 12.0. The number of aliphatic hydroxyl groups is 1. The van der Waals surface area contributed by atoms with E-state index in [1.165, 1.54) is 6.92 Å². The number of carbonyl (C=O) groups excluding carboxylic acids is 3. The molecule has 3 amide bonds. The molecule has 0 saturated carbocycles. The highest BCUT2D eigenvalue weighted by Gasteiger charge is 2.15. The van der Waals surface area contributed by atoms with E-state index in [0.29, 0.717) is 22.9 Å². The lowest BCUT2D eigenvalue weighted by Crippen LogP contribution is -2.39. The quantitative estimate of drug-likeness (QED) is 0.305. The zero-order valence-electron chi connectivity index (χ0n) is 13.5. The van der Waals surface area contributed by atoms with Gasteiger partial charge in [0, 0.05) is 24.0 Å². The lowest BCUT2D eigenvalue weighted by molar-refractivity contribution is -0.139.